The summed E-state index contributed by atoms with van der Waals surface area (Å²) in [7, 11) is 1.67. The first-order chi connectivity index (χ1) is 11.6. The highest BCUT2D eigenvalue weighted by atomic mass is 16.5. The van der Waals surface area contributed by atoms with Crippen LogP contribution >= 0.6 is 0 Å². The first-order valence-electron chi connectivity index (χ1n) is 9.20. The Morgan fingerprint density at radius 3 is 2.79 bits per heavy atom. The third-order valence-electron chi connectivity index (χ3n) is 5.53. The zero-order valence-corrected chi connectivity index (χ0v) is 15.1. The molecule has 24 heavy (non-hydrogen) atoms. The van der Waals surface area contributed by atoms with Crippen LogP contribution in [0, 0.1) is 12.8 Å². The molecule has 1 aromatic rings. The van der Waals surface area contributed by atoms with Crippen molar-refractivity contribution in [3.8, 4) is 5.75 Å². The van der Waals surface area contributed by atoms with Crippen molar-refractivity contribution in [2.75, 3.05) is 25.2 Å². The highest BCUT2D eigenvalue weighted by Gasteiger charge is 2.29. The minimum atomic E-state index is 0.0534. The van der Waals surface area contributed by atoms with Crippen LogP contribution in [0.5, 0.6) is 5.75 Å². The molecular formula is C20H29NO3. The molecule has 1 saturated carbocycles. The molecule has 1 fully saturated rings. The van der Waals surface area contributed by atoms with E-state index in [-0.39, 0.29) is 18.6 Å². The lowest BCUT2D eigenvalue weighted by Crippen LogP contribution is -2.40. The van der Waals surface area contributed by atoms with Gasteiger partial charge in [0, 0.05) is 6.54 Å². The molecule has 132 valence electrons. The number of carbonyl (C=O) groups excluding carboxylic acids is 1. The zero-order chi connectivity index (χ0) is 17.1. The molecule has 1 amide bonds. The molecule has 2 atom stereocenters. The van der Waals surface area contributed by atoms with Crippen molar-refractivity contribution in [3.05, 3.63) is 23.3 Å². The summed E-state index contributed by atoms with van der Waals surface area (Å²) < 4.78 is 11.5. The maximum Gasteiger partial charge on any atom is 0.253 e. The van der Waals surface area contributed by atoms with Crippen LogP contribution in [-0.2, 0) is 16.0 Å². The highest BCUT2D eigenvalue weighted by Crippen LogP contribution is 2.38. The SMILES string of the molecule is COc1ccc(C)c2c1N(C(=O)COC1CCCCC1C)CCC2. The van der Waals surface area contributed by atoms with Crippen LogP contribution in [0.25, 0.3) is 0 Å². The molecule has 0 radical (unpaired) electrons. The van der Waals surface area contributed by atoms with Gasteiger partial charge in [-0.3, -0.25) is 4.79 Å². The summed E-state index contributed by atoms with van der Waals surface area (Å²) in [5, 5.41) is 0. The van der Waals surface area contributed by atoms with Gasteiger partial charge < -0.3 is 14.4 Å². The maximum atomic E-state index is 12.8. The van der Waals surface area contributed by atoms with Crippen LogP contribution in [0.4, 0.5) is 5.69 Å². The summed E-state index contributed by atoms with van der Waals surface area (Å²) in [4.78, 5) is 14.7. The molecular weight excluding hydrogens is 302 g/mol. The molecule has 1 aromatic carbocycles. The molecule has 1 aliphatic carbocycles. The van der Waals surface area contributed by atoms with Crippen LogP contribution in [0.1, 0.15) is 50.2 Å². The van der Waals surface area contributed by atoms with E-state index < -0.39 is 0 Å². The summed E-state index contributed by atoms with van der Waals surface area (Å²) in [6, 6.07) is 4.04. The Kier molecular flexibility index (Phi) is 5.44. The van der Waals surface area contributed by atoms with E-state index in [0.29, 0.717) is 5.92 Å². The van der Waals surface area contributed by atoms with Crippen molar-refractivity contribution in [1.82, 2.24) is 0 Å². The van der Waals surface area contributed by atoms with Gasteiger partial charge in [0.1, 0.15) is 12.4 Å². The lowest BCUT2D eigenvalue weighted by molar-refractivity contribution is -0.127. The number of rotatable bonds is 4. The second-order valence-electron chi connectivity index (χ2n) is 7.17. The average molecular weight is 331 g/mol. The van der Waals surface area contributed by atoms with Crippen molar-refractivity contribution in [2.45, 2.75) is 58.5 Å². The van der Waals surface area contributed by atoms with Gasteiger partial charge in [-0.25, -0.2) is 0 Å². The summed E-state index contributed by atoms with van der Waals surface area (Å²) in [5.74, 6) is 1.39. The van der Waals surface area contributed by atoms with Crippen LogP contribution in [0.2, 0.25) is 0 Å². The fourth-order valence-electron chi connectivity index (χ4n) is 4.05. The molecule has 0 spiro atoms. The van der Waals surface area contributed by atoms with Crippen molar-refractivity contribution < 1.29 is 14.3 Å². The minimum Gasteiger partial charge on any atom is -0.495 e. The highest BCUT2D eigenvalue weighted by molar-refractivity contribution is 5.97. The quantitative estimate of drug-likeness (QED) is 0.840. The molecule has 2 unspecified atom stereocenters. The summed E-state index contributed by atoms with van der Waals surface area (Å²) in [6.45, 7) is 5.25. The van der Waals surface area contributed by atoms with Gasteiger partial charge in [-0.15, -0.1) is 0 Å². The largest absolute Gasteiger partial charge is 0.495 e. The fraction of sp³-hybridized carbons (Fsp3) is 0.650. The second kappa shape index (κ2) is 7.56. The second-order valence-corrected chi connectivity index (χ2v) is 7.17. The van der Waals surface area contributed by atoms with E-state index in [1.54, 1.807) is 7.11 Å². The molecule has 1 aliphatic heterocycles. The average Bonchev–Trinajstić information content (AvgIpc) is 2.61. The van der Waals surface area contributed by atoms with Crippen LogP contribution in [0.3, 0.4) is 0 Å². The van der Waals surface area contributed by atoms with Crippen LogP contribution in [0.15, 0.2) is 12.1 Å². The predicted octanol–water partition coefficient (Wildman–Crippen LogP) is 3.88. The van der Waals surface area contributed by atoms with Gasteiger partial charge in [0.25, 0.3) is 5.91 Å². The van der Waals surface area contributed by atoms with Crippen molar-refractivity contribution in [1.29, 1.82) is 0 Å². The first-order valence-corrected chi connectivity index (χ1v) is 9.20. The van der Waals surface area contributed by atoms with Gasteiger partial charge in [0.2, 0.25) is 0 Å². The van der Waals surface area contributed by atoms with E-state index in [0.717, 1.165) is 37.2 Å². The first kappa shape index (κ1) is 17.3. The van der Waals surface area contributed by atoms with E-state index >= 15 is 0 Å². The molecule has 4 heteroatoms. The lowest BCUT2D eigenvalue weighted by atomic mass is 9.88. The number of carbonyl (C=O) groups is 1. The van der Waals surface area contributed by atoms with Gasteiger partial charge in [-0.05, 0) is 55.7 Å². The number of fused-ring (bicyclic) bond motifs is 1. The number of amides is 1. The Bertz CT molecular complexity index is 599. The molecule has 2 aliphatic rings. The number of nitrogens with zero attached hydrogens (tertiary/aromatic N) is 1. The van der Waals surface area contributed by atoms with Gasteiger partial charge in [0.05, 0.1) is 18.9 Å². The number of aryl methyl sites for hydroxylation is 1. The number of ether oxygens (including phenoxy) is 2. The standard InChI is InChI=1S/C20H29NO3/c1-14-10-11-18(23-3)20-16(14)8-6-12-21(20)19(22)13-24-17-9-5-4-7-15(17)2/h10-11,15,17H,4-9,12-13H2,1-3H3. The van der Waals surface area contributed by atoms with Crippen molar-refractivity contribution >= 4 is 11.6 Å². The minimum absolute atomic E-state index is 0.0534. The Hall–Kier alpha value is -1.55. The molecule has 0 bridgehead atoms. The Morgan fingerprint density at radius 1 is 1.25 bits per heavy atom. The molecule has 0 aromatic heterocycles. The fourth-order valence-corrected chi connectivity index (χ4v) is 4.05. The Morgan fingerprint density at radius 2 is 2.04 bits per heavy atom. The van der Waals surface area contributed by atoms with Crippen molar-refractivity contribution in [2.24, 2.45) is 5.92 Å². The third kappa shape index (κ3) is 3.44. The van der Waals surface area contributed by atoms with Crippen molar-refractivity contribution in [3.63, 3.8) is 0 Å². The van der Waals surface area contributed by atoms with E-state index in [4.69, 9.17) is 9.47 Å². The molecule has 0 saturated heterocycles. The molecule has 1 heterocycles. The van der Waals surface area contributed by atoms with Gasteiger partial charge in [-0.2, -0.15) is 0 Å². The van der Waals surface area contributed by atoms with Gasteiger partial charge >= 0.3 is 0 Å². The number of methoxy groups -OCH3 is 1. The lowest BCUT2D eigenvalue weighted by Gasteiger charge is -2.33. The van der Waals surface area contributed by atoms with Gasteiger partial charge in [-0.1, -0.05) is 25.8 Å². The van der Waals surface area contributed by atoms with E-state index in [2.05, 4.69) is 19.9 Å². The van der Waals surface area contributed by atoms with E-state index in [1.165, 1.54) is 30.4 Å². The number of benzene rings is 1. The molecule has 0 N–H and O–H groups in total. The monoisotopic (exact) mass is 331 g/mol. The Balaban J connectivity index is 1.74. The normalized spacial score (nSPS) is 23.7. The number of hydrogen-bond acceptors (Lipinski definition) is 3. The maximum absolute atomic E-state index is 12.8. The van der Waals surface area contributed by atoms with Crippen LogP contribution < -0.4 is 9.64 Å². The van der Waals surface area contributed by atoms with Gasteiger partial charge in [0.15, 0.2) is 0 Å². The predicted molar refractivity (Wildman–Crippen MR) is 95.8 cm³/mol. The van der Waals surface area contributed by atoms with Crippen LogP contribution in [-0.4, -0.2) is 32.3 Å². The van der Waals surface area contributed by atoms with E-state index in [1.807, 2.05) is 11.0 Å². The smallest absolute Gasteiger partial charge is 0.253 e. The van der Waals surface area contributed by atoms with E-state index in [9.17, 15) is 4.79 Å². The molecule has 4 nitrogen and oxygen atoms in total. The summed E-state index contributed by atoms with van der Waals surface area (Å²) in [6.07, 6.45) is 7.00. The summed E-state index contributed by atoms with van der Waals surface area (Å²) in [5.41, 5.74) is 3.42. The zero-order valence-electron chi connectivity index (χ0n) is 15.1. The summed E-state index contributed by atoms with van der Waals surface area (Å²) >= 11 is 0. The number of anilines is 1. The third-order valence-corrected chi connectivity index (χ3v) is 5.53. The number of hydrogen-bond donors (Lipinski definition) is 0. The Labute approximate surface area is 145 Å². The topological polar surface area (TPSA) is 38.8 Å². The molecule has 3 rings (SSSR count).